The zero-order valence-electron chi connectivity index (χ0n) is 5.50. The zero-order chi connectivity index (χ0) is 7.11. The summed E-state index contributed by atoms with van der Waals surface area (Å²) in [5, 5.41) is 6.32. The smallest absolute Gasteiger partial charge is 0.183 e. The predicted molar refractivity (Wildman–Crippen MR) is 33.3 cm³/mol. The third-order valence-corrected chi connectivity index (χ3v) is 0.540. The van der Waals surface area contributed by atoms with Crippen LogP contribution >= 0.6 is 0 Å². The molecule has 0 amide bonds. The molecule has 0 saturated carbocycles. The first-order valence-corrected chi connectivity index (χ1v) is 2.83. The first-order chi connectivity index (χ1) is 4.39. The highest BCUT2D eigenvalue weighted by atomic mass is 19.1. The van der Waals surface area contributed by atoms with Crippen LogP contribution in [0.3, 0.4) is 0 Å². The van der Waals surface area contributed by atoms with Gasteiger partial charge in [0.15, 0.2) is 0 Å². The maximum absolute atomic E-state index is 11.7. The van der Waals surface area contributed by atoms with E-state index in [-0.39, 0.29) is 0 Å². The molecule has 0 radical (unpaired) electrons. The van der Waals surface area contributed by atoms with Gasteiger partial charge in [-0.1, -0.05) is 13.8 Å². The van der Waals surface area contributed by atoms with Gasteiger partial charge in [-0.2, -0.15) is 9.49 Å². The van der Waals surface area contributed by atoms with Crippen LogP contribution in [0, 0.1) is 5.95 Å². The Kier molecular flexibility index (Phi) is 4.59. The van der Waals surface area contributed by atoms with Crippen molar-refractivity contribution in [2.24, 2.45) is 0 Å². The van der Waals surface area contributed by atoms with E-state index in [4.69, 9.17) is 0 Å². The number of hydrogen-bond donors (Lipinski definition) is 0. The molecular formula is C6H9FN2. The highest BCUT2D eigenvalue weighted by Gasteiger charge is 1.80. The van der Waals surface area contributed by atoms with Gasteiger partial charge < -0.3 is 0 Å². The van der Waals surface area contributed by atoms with E-state index in [9.17, 15) is 4.39 Å². The number of hydrogen-bond acceptors (Lipinski definition) is 2. The minimum atomic E-state index is -0.539. The van der Waals surface area contributed by atoms with Crippen molar-refractivity contribution < 1.29 is 4.39 Å². The van der Waals surface area contributed by atoms with Gasteiger partial charge in [0.1, 0.15) is 0 Å². The second-order valence-corrected chi connectivity index (χ2v) is 1.05. The van der Waals surface area contributed by atoms with Gasteiger partial charge in [0.2, 0.25) is 5.95 Å². The lowest BCUT2D eigenvalue weighted by atomic mass is 10.6. The van der Waals surface area contributed by atoms with Crippen LogP contribution in [0.15, 0.2) is 18.3 Å². The van der Waals surface area contributed by atoms with Crippen molar-refractivity contribution in [3.8, 4) is 0 Å². The maximum Gasteiger partial charge on any atom is 0.233 e. The Hall–Kier alpha value is -0.990. The van der Waals surface area contributed by atoms with Gasteiger partial charge in [0.25, 0.3) is 0 Å². The van der Waals surface area contributed by atoms with Crippen molar-refractivity contribution in [1.82, 2.24) is 10.2 Å². The van der Waals surface area contributed by atoms with E-state index in [1.807, 2.05) is 13.8 Å². The summed E-state index contributed by atoms with van der Waals surface area (Å²) in [4.78, 5) is 0. The van der Waals surface area contributed by atoms with E-state index < -0.39 is 5.95 Å². The van der Waals surface area contributed by atoms with E-state index in [0.29, 0.717) is 0 Å². The van der Waals surface area contributed by atoms with Crippen LogP contribution in [-0.2, 0) is 0 Å². The Morgan fingerprint density at radius 3 is 2.33 bits per heavy atom. The summed E-state index contributed by atoms with van der Waals surface area (Å²) < 4.78 is 11.7. The molecule has 0 aliphatic carbocycles. The van der Waals surface area contributed by atoms with Crippen LogP contribution in [0.25, 0.3) is 0 Å². The molecular weight excluding hydrogens is 119 g/mol. The SMILES string of the molecule is CC.Fc1cccnn1. The monoisotopic (exact) mass is 128 g/mol. The Labute approximate surface area is 53.7 Å². The van der Waals surface area contributed by atoms with Crippen molar-refractivity contribution in [2.45, 2.75) is 13.8 Å². The van der Waals surface area contributed by atoms with Crippen LogP contribution in [0.1, 0.15) is 13.8 Å². The number of nitrogens with zero attached hydrogens (tertiary/aromatic N) is 2. The minimum absolute atomic E-state index is 0.539. The summed E-state index contributed by atoms with van der Waals surface area (Å²) in [6.45, 7) is 4.00. The largest absolute Gasteiger partial charge is 0.233 e. The normalized spacial score (nSPS) is 7.44. The minimum Gasteiger partial charge on any atom is -0.183 e. The summed E-state index contributed by atoms with van der Waals surface area (Å²) >= 11 is 0. The van der Waals surface area contributed by atoms with Gasteiger partial charge in [-0.3, -0.25) is 0 Å². The highest BCUT2D eigenvalue weighted by Crippen LogP contribution is 1.82. The first kappa shape index (κ1) is 8.01. The number of halogens is 1. The summed E-state index contributed by atoms with van der Waals surface area (Å²) in [5.41, 5.74) is 0. The van der Waals surface area contributed by atoms with E-state index in [0.717, 1.165) is 0 Å². The fraction of sp³-hybridized carbons (Fsp3) is 0.333. The van der Waals surface area contributed by atoms with Gasteiger partial charge in [0.05, 0.1) is 0 Å². The Morgan fingerprint density at radius 2 is 2.11 bits per heavy atom. The van der Waals surface area contributed by atoms with Gasteiger partial charge in [0, 0.05) is 6.20 Å². The molecule has 0 N–H and O–H groups in total. The first-order valence-electron chi connectivity index (χ1n) is 2.83. The fourth-order valence-electron chi connectivity index (χ4n) is 0.283. The Morgan fingerprint density at radius 1 is 1.44 bits per heavy atom. The molecule has 0 fully saturated rings. The molecule has 1 heterocycles. The van der Waals surface area contributed by atoms with Crippen molar-refractivity contribution in [3.05, 3.63) is 24.3 Å². The molecule has 0 bridgehead atoms. The molecule has 0 spiro atoms. The zero-order valence-corrected chi connectivity index (χ0v) is 5.50. The molecule has 9 heavy (non-hydrogen) atoms. The molecule has 0 aromatic carbocycles. The van der Waals surface area contributed by atoms with Gasteiger partial charge >= 0.3 is 0 Å². The van der Waals surface area contributed by atoms with E-state index >= 15 is 0 Å². The van der Waals surface area contributed by atoms with Gasteiger partial charge in [-0.05, 0) is 12.1 Å². The van der Waals surface area contributed by atoms with Crippen molar-refractivity contribution in [2.75, 3.05) is 0 Å². The van der Waals surface area contributed by atoms with Crippen LogP contribution < -0.4 is 0 Å². The predicted octanol–water partition coefficient (Wildman–Crippen LogP) is 1.64. The molecule has 50 valence electrons. The number of aromatic nitrogens is 2. The Bertz CT molecular complexity index is 141. The molecule has 3 heteroatoms. The molecule has 1 aromatic heterocycles. The van der Waals surface area contributed by atoms with Crippen LogP contribution in [0.4, 0.5) is 4.39 Å². The summed E-state index contributed by atoms with van der Waals surface area (Å²) in [7, 11) is 0. The van der Waals surface area contributed by atoms with Crippen molar-refractivity contribution >= 4 is 0 Å². The molecule has 0 aliphatic heterocycles. The second-order valence-electron chi connectivity index (χ2n) is 1.05. The third kappa shape index (κ3) is 3.58. The van der Waals surface area contributed by atoms with E-state index in [1.54, 1.807) is 0 Å². The van der Waals surface area contributed by atoms with Gasteiger partial charge in [-0.15, -0.1) is 5.10 Å². The van der Waals surface area contributed by atoms with Crippen LogP contribution in [0.5, 0.6) is 0 Å². The Balaban J connectivity index is 0.000000291. The van der Waals surface area contributed by atoms with E-state index in [2.05, 4.69) is 10.2 Å². The lowest BCUT2D eigenvalue weighted by Crippen LogP contribution is -1.81. The van der Waals surface area contributed by atoms with E-state index in [1.165, 1.54) is 18.3 Å². The topological polar surface area (TPSA) is 25.8 Å². The summed E-state index contributed by atoms with van der Waals surface area (Å²) in [6.07, 6.45) is 1.42. The molecule has 0 saturated heterocycles. The second kappa shape index (κ2) is 5.15. The lowest BCUT2D eigenvalue weighted by molar-refractivity contribution is 0.563. The quantitative estimate of drug-likeness (QED) is 0.530. The lowest BCUT2D eigenvalue weighted by Gasteiger charge is -1.76. The molecule has 0 unspecified atom stereocenters. The van der Waals surface area contributed by atoms with Crippen molar-refractivity contribution in [1.29, 1.82) is 0 Å². The molecule has 1 rings (SSSR count). The van der Waals surface area contributed by atoms with Gasteiger partial charge in [-0.25, -0.2) is 0 Å². The summed E-state index contributed by atoms with van der Waals surface area (Å²) in [5.74, 6) is -0.539. The molecule has 0 aliphatic rings. The molecule has 1 aromatic rings. The average Bonchev–Trinajstić information content (AvgIpc) is 1.94. The summed E-state index contributed by atoms with van der Waals surface area (Å²) in [6, 6.07) is 2.73. The van der Waals surface area contributed by atoms with Crippen LogP contribution in [0.2, 0.25) is 0 Å². The molecule has 2 nitrogen and oxygen atoms in total. The standard InChI is InChI=1S/C4H3FN2.C2H6/c5-4-2-1-3-6-7-4;1-2/h1-3H;1-2H3. The van der Waals surface area contributed by atoms with Crippen LogP contribution in [-0.4, -0.2) is 10.2 Å². The average molecular weight is 128 g/mol. The maximum atomic E-state index is 11.7. The highest BCUT2D eigenvalue weighted by molar-refractivity contribution is 4.83. The molecule has 0 atom stereocenters. The van der Waals surface area contributed by atoms with Crippen molar-refractivity contribution in [3.63, 3.8) is 0 Å². The number of rotatable bonds is 0. The third-order valence-electron chi connectivity index (χ3n) is 0.540. The fourth-order valence-corrected chi connectivity index (χ4v) is 0.283.